The van der Waals surface area contributed by atoms with Gasteiger partial charge in [0, 0.05) is 43.8 Å². The van der Waals surface area contributed by atoms with Crippen LogP contribution < -0.4 is 0 Å². The number of para-hydroxylation sites is 4. The van der Waals surface area contributed by atoms with Crippen LogP contribution >= 0.6 is 0 Å². The van der Waals surface area contributed by atoms with Crippen molar-refractivity contribution >= 4 is 43.7 Å². The summed E-state index contributed by atoms with van der Waals surface area (Å²) in [6, 6.07) is 58.5. The first-order valence-corrected chi connectivity index (χ1v) is 16.7. The highest BCUT2D eigenvalue weighted by atomic mass is 16.3. The van der Waals surface area contributed by atoms with Crippen molar-refractivity contribution in [3.63, 3.8) is 0 Å². The lowest BCUT2D eigenvalue weighted by Gasteiger charge is -2.16. The molecule has 0 saturated heterocycles. The maximum absolute atomic E-state index is 6.51. The van der Waals surface area contributed by atoms with Crippen LogP contribution in [0.4, 0.5) is 0 Å². The monoisotopic (exact) mass is 640 g/mol. The fourth-order valence-corrected chi connectivity index (χ4v) is 7.16. The molecular formula is C45H28N4O. The number of fused-ring (bicyclic) bond motifs is 6. The van der Waals surface area contributed by atoms with Gasteiger partial charge in [0.2, 0.25) is 0 Å². The standard InChI is InChI=1S/C45H28N4O/c1-3-14-29(15-4-1)43-46-44(30-16-5-2-6-17-30)48-45(47-43)37-28-31(32-21-13-22-36-35-20-9-12-25-41(35)50-42(32)36)26-27-40(37)49-38-23-10-7-18-33(38)34-19-8-11-24-39(34)49/h1-28H. The highest BCUT2D eigenvalue weighted by Gasteiger charge is 2.21. The van der Waals surface area contributed by atoms with Crippen molar-refractivity contribution in [3.8, 4) is 51.0 Å². The molecule has 0 spiro atoms. The smallest absolute Gasteiger partial charge is 0.166 e. The Hall–Kier alpha value is -6.85. The van der Waals surface area contributed by atoms with Crippen molar-refractivity contribution in [1.82, 2.24) is 19.5 Å². The average molecular weight is 641 g/mol. The van der Waals surface area contributed by atoms with E-state index in [9.17, 15) is 0 Å². The Balaban J connectivity index is 1.30. The molecule has 5 nitrogen and oxygen atoms in total. The molecule has 0 amide bonds. The molecule has 7 aromatic carbocycles. The summed E-state index contributed by atoms with van der Waals surface area (Å²) in [4.78, 5) is 15.4. The number of rotatable bonds is 5. The van der Waals surface area contributed by atoms with E-state index < -0.39 is 0 Å². The zero-order valence-corrected chi connectivity index (χ0v) is 26.9. The average Bonchev–Trinajstić information content (AvgIpc) is 3.74. The number of aromatic nitrogens is 4. The summed E-state index contributed by atoms with van der Waals surface area (Å²) in [6.07, 6.45) is 0. The predicted molar refractivity (Wildman–Crippen MR) is 203 cm³/mol. The molecule has 0 bridgehead atoms. The minimum Gasteiger partial charge on any atom is -0.455 e. The lowest BCUT2D eigenvalue weighted by Crippen LogP contribution is -2.04. The normalized spacial score (nSPS) is 11.6. The Labute approximate surface area is 287 Å². The van der Waals surface area contributed by atoms with Gasteiger partial charge in [0.25, 0.3) is 0 Å². The number of furan rings is 1. The Bertz CT molecular complexity index is 2760. The van der Waals surface area contributed by atoms with Crippen LogP contribution in [-0.4, -0.2) is 19.5 Å². The van der Waals surface area contributed by atoms with E-state index >= 15 is 0 Å². The van der Waals surface area contributed by atoms with Crippen molar-refractivity contribution < 1.29 is 4.42 Å². The third kappa shape index (κ3) is 4.52. The topological polar surface area (TPSA) is 56.7 Å². The summed E-state index contributed by atoms with van der Waals surface area (Å²) in [5.74, 6) is 1.83. The second-order valence-corrected chi connectivity index (χ2v) is 12.4. The highest BCUT2D eigenvalue weighted by molar-refractivity contribution is 6.11. The van der Waals surface area contributed by atoms with Gasteiger partial charge in [-0.25, -0.2) is 15.0 Å². The largest absolute Gasteiger partial charge is 0.455 e. The van der Waals surface area contributed by atoms with Gasteiger partial charge in [0.1, 0.15) is 11.2 Å². The molecule has 0 atom stereocenters. The second-order valence-electron chi connectivity index (χ2n) is 12.4. The maximum atomic E-state index is 6.51. The number of nitrogens with zero attached hydrogens (tertiary/aromatic N) is 4. The van der Waals surface area contributed by atoms with E-state index in [1.54, 1.807) is 0 Å². The van der Waals surface area contributed by atoms with Gasteiger partial charge >= 0.3 is 0 Å². The van der Waals surface area contributed by atoms with Gasteiger partial charge in [-0.3, -0.25) is 0 Å². The van der Waals surface area contributed by atoms with Crippen LogP contribution in [0.5, 0.6) is 0 Å². The van der Waals surface area contributed by atoms with Crippen LogP contribution in [0.25, 0.3) is 94.7 Å². The van der Waals surface area contributed by atoms with Crippen molar-refractivity contribution in [1.29, 1.82) is 0 Å². The quantitative estimate of drug-likeness (QED) is 0.188. The number of benzene rings is 7. The number of hydrogen-bond acceptors (Lipinski definition) is 4. The molecule has 0 radical (unpaired) electrons. The van der Waals surface area contributed by atoms with Crippen molar-refractivity contribution in [2.75, 3.05) is 0 Å². The Morgan fingerprint density at radius 2 is 0.920 bits per heavy atom. The van der Waals surface area contributed by atoms with Crippen LogP contribution in [0, 0.1) is 0 Å². The molecule has 0 fully saturated rings. The Kier molecular flexibility index (Phi) is 6.42. The van der Waals surface area contributed by atoms with Gasteiger partial charge in [0.15, 0.2) is 17.5 Å². The van der Waals surface area contributed by atoms with Crippen molar-refractivity contribution in [2.24, 2.45) is 0 Å². The van der Waals surface area contributed by atoms with E-state index in [-0.39, 0.29) is 0 Å². The number of hydrogen-bond donors (Lipinski definition) is 0. The van der Waals surface area contributed by atoms with Crippen LogP contribution in [0.3, 0.4) is 0 Å². The van der Waals surface area contributed by atoms with Crippen LogP contribution in [0.1, 0.15) is 0 Å². The molecule has 234 valence electrons. The molecule has 3 aromatic heterocycles. The van der Waals surface area contributed by atoms with Crippen LogP contribution in [0.2, 0.25) is 0 Å². The zero-order chi connectivity index (χ0) is 33.0. The molecular weight excluding hydrogens is 613 g/mol. The van der Waals surface area contributed by atoms with E-state index in [2.05, 4.69) is 102 Å². The predicted octanol–water partition coefficient (Wildman–Crippen LogP) is 11.5. The van der Waals surface area contributed by atoms with Gasteiger partial charge in [-0.1, -0.05) is 140 Å². The first-order chi connectivity index (χ1) is 24.8. The van der Waals surface area contributed by atoms with E-state index in [0.29, 0.717) is 17.5 Å². The lowest BCUT2D eigenvalue weighted by molar-refractivity contribution is 0.670. The Morgan fingerprint density at radius 3 is 1.58 bits per heavy atom. The first-order valence-electron chi connectivity index (χ1n) is 16.7. The molecule has 0 aliphatic heterocycles. The minimum absolute atomic E-state index is 0.591. The van der Waals surface area contributed by atoms with Crippen LogP contribution in [0.15, 0.2) is 174 Å². The fourth-order valence-electron chi connectivity index (χ4n) is 7.16. The summed E-state index contributed by atoms with van der Waals surface area (Å²) >= 11 is 0. The van der Waals surface area contributed by atoms with E-state index in [1.165, 1.54) is 10.8 Å². The summed E-state index contributed by atoms with van der Waals surface area (Å²) in [5.41, 5.74) is 9.69. The molecule has 0 saturated carbocycles. The molecule has 10 aromatic rings. The lowest BCUT2D eigenvalue weighted by atomic mass is 9.98. The van der Waals surface area contributed by atoms with Crippen LogP contribution in [-0.2, 0) is 0 Å². The molecule has 0 aliphatic carbocycles. The molecule has 0 N–H and O–H groups in total. The highest BCUT2D eigenvalue weighted by Crippen LogP contribution is 2.41. The van der Waals surface area contributed by atoms with E-state index in [0.717, 1.165) is 66.5 Å². The molecule has 50 heavy (non-hydrogen) atoms. The summed E-state index contributed by atoms with van der Waals surface area (Å²) in [5, 5.41) is 4.57. The zero-order valence-electron chi connectivity index (χ0n) is 26.9. The van der Waals surface area contributed by atoms with Gasteiger partial charge in [-0.15, -0.1) is 0 Å². The van der Waals surface area contributed by atoms with Crippen molar-refractivity contribution in [2.45, 2.75) is 0 Å². The minimum atomic E-state index is 0.591. The first kappa shape index (κ1) is 28.2. The van der Waals surface area contributed by atoms with E-state index in [4.69, 9.17) is 19.4 Å². The SMILES string of the molecule is c1ccc(-c2nc(-c3ccccc3)nc(-c3cc(-c4cccc5c4oc4ccccc45)ccc3-n3c4ccccc4c4ccccc43)n2)cc1. The maximum Gasteiger partial charge on any atom is 0.166 e. The molecule has 3 heterocycles. The summed E-state index contributed by atoms with van der Waals surface area (Å²) < 4.78 is 8.84. The molecule has 0 unspecified atom stereocenters. The fraction of sp³-hybridized carbons (Fsp3) is 0. The van der Waals surface area contributed by atoms with E-state index in [1.807, 2.05) is 72.8 Å². The molecule has 0 aliphatic rings. The van der Waals surface area contributed by atoms with Crippen molar-refractivity contribution in [3.05, 3.63) is 170 Å². The summed E-state index contributed by atoms with van der Waals surface area (Å²) in [7, 11) is 0. The second kappa shape index (κ2) is 11.4. The van der Waals surface area contributed by atoms with Gasteiger partial charge < -0.3 is 8.98 Å². The van der Waals surface area contributed by atoms with Gasteiger partial charge in [-0.2, -0.15) is 0 Å². The third-order valence-corrected chi connectivity index (χ3v) is 9.47. The third-order valence-electron chi connectivity index (χ3n) is 9.47. The van der Waals surface area contributed by atoms with Gasteiger partial charge in [0.05, 0.1) is 16.7 Å². The van der Waals surface area contributed by atoms with Gasteiger partial charge in [-0.05, 0) is 35.9 Å². The summed E-state index contributed by atoms with van der Waals surface area (Å²) in [6.45, 7) is 0. The molecule has 5 heteroatoms. The molecule has 10 rings (SSSR count). The Morgan fingerprint density at radius 1 is 0.380 bits per heavy atom.